The zero-order valence-electron chi connectivity index (χ0n) is 9.85. The molecule has 1 aliphatic heterocycles. The minimum absolute atomic E-state index is 0.185. The Kier molecular flexibility index (Phi) is 3.81. The van der Waals surface area contributed by atoms with Crippen LogP contribution in [0.25, 0.3) is 0 Å². The van der Waals surface area contributed by atoms with Crippen molar-refractivity contribution in [2.45, 2.75) is 31.4 Å². The van der Waals surface area contributed by atoms with E-state index in [1.807, 2.05) is 0 Å². The maximum absolute atomic E-state index is 11.2. The van der Waals surface area contributed by atoms with E-state index < -0.39 is 5.97 Å². The van der Waals surface area contributed by atoms with Crippen molar-refractivity contribution >= 4 is 5.97 Å². The van der Waals surface area contributed by atoms with Gasteiger partial charge in [-0.1, -0.05) is 0 Å². The topological polar surface area (TPSA) is 74.7 Å². The molecule has 2 rings (SSSR count). The van der Waals surface area contributed by atoms with Crippen LogP contribution in [0, 0.1) is 0 Å². The second-order valence-electron chi connectivity index (χ2n) is 4.17. The van der Waals surface area contributed by atoms with Crippen molar-refractivity contribution in [1.29, 1.82) is 0 Å². The Morgan fingerprint density at radius 2 is 2.47 bits per heavy atom. The minimum Gasteiger partial charge on any atom is -0.463 e. The predicted molar refractivity (Wildman–Crippen MR) is 60.6 cm³/mol. The van der Waals surface area contributed by atoms with Gasteiger partial charge >= 0.3 is 5.97 Å². The molecular weight excluding hydrogens is 222 g/mol. The summed E-state index contributed by atoms with van der Waals surface area (Å²) in [5.74, 6) is 0.298. The predicted octanol–water partition coefficient (Wildman–Crippen LogP) is 1.64. The largest absolute Gasteiger partial charge is 0.463 e. The van der Waals surface area contributed by atoms with Crippen molar-refractivity contribution in [3.8, 4) is 0 Å². The van der Waals surface area contributed by atoms with Gasteiger partial charge in [-0.2, -0.15) is 0 Å². The number of furan rings is 1. The fourth-order valence-corrected chi connectivity index (χ4v) is 1.99. The van der Waals surface area contributed by atoms with Gasteiger partial charge in [0, 0.05) is 6.61 Å². The van der Waals surface area contributed by atoms with Crippen LogP contribution in [0.3, 0.4) is 0 Å². The van der Waals surface area contributed by atoms with Gasteiger partial charge in [0.15, 0.2) is 0 Å². The van der Waals surface area contributed by atoms with Crippen molar-refractivity contribution < 1.29 is 18.7 Å². The van der Waals surface area contributed by atoms with E-state index in [0.29, 0.717) is 12.2 Å². The van der Waals surface area contributed by atoms with Crippen LogP contribution < -0.4 is 5.73 Å². The summed E-state index contributed by atoms with van der Waals surface area (Å²) in [5, 5.41) is 0. The molecule has 0 aromatic carbocycles. The molecule has 1 aliphatic rings. The molecule has 1 saturated heterocycles. The lowest BCUT2D eigenvalue weighted by Crippen LogP contribution is -2.17. The van der Waals surface area contributed by atoms with E-state index >= 15 is 0 Å². The second kappa shape index (κ2) is 5.33. The lowest BCUT2D eigenvalue weighted by atomic mass is 10.1. The van der Waals surface area contributed by atoms with Crippen LogP contribution in [0.5, 0.6) is 0 Å². The standard InChI is InChI=1S/C12H17NO4/c1-15-12(14)11-5-4-10(17-11)9(13)7-8-3-2-6-16-8/h4-5,8-9H,2-3,6-7,13H2,1H3. The first-order chi connectivity index (χ1) is 8.20. The highest BCUT2D eigenvalue weighted by atomic mass is 16.5. The molecule has 1 aromatic rings. The van der Waals surface area contributed by atoms with Crippen LogP contribution in [0.1, 0.15) is 41.6 Å². The summed E-state index contributed by atoms with van der Waals surface area (Å²) >= 11 is 0. The molecular formula is C12H17NO4. The number of nitrogens with two attached hydrogens (primary N) is 1. The van der Waals surface area contributed by atoms with Crippen LogP contribution in [0.4, 0.5) is 0 Å². The molecule has 5 nitrogen and oxygen atoms in total. The highest BCUT2D eigenvalue weighted by Gasteiger charge is 2.22. The molecule has 2 unspecified atom stereocenters. The molecule has 94 valence electrons. The first-order valence-corrected chi connectivity index (χ1v) is 5.76. The molecule has 2 N–H and O–H groups in total. The van der Waals surface area contributed by atoms with Crippen molar-refractivity contribution in [1.82, 2.24) is 0 Å². The maximum atomic E-state index is 11.2. The Bertz CT molecular complexity index is 382. The lowest BCUT2D eigenvalue weighted by molar-refractivity contribution is 0.0561. The van der Waals surface area contributed by atoms with Crippen molar-refractivity contribution in [3.05, 3.63) is 23.7 Å². The van der Waals surface area contributed by atoms with Gasteiger partial charge in [0.25, 0.3) is 0 Å². The van der Waals surface area contributed by atoms with E-state index in [2.05, 4.69) is 4.74 Å². The maximum Gasteiger partial charge on any atom is 0.373 e. The molecule has 2 atom stereocenters. The lowest BCUT2D eigenvalue weighted by Gasteiger charge is -2.13. The first-order valence-electron chi connectivity index (χ1n) is 5.76. The fraction of sp³-hybridized carbons (Fsp3) is 0.583. The van der Waals surface area contributed by atoms with Crippen LogP contribution >= 0.6 is 0 Å². The monoisotopic (exact) mass is 239 g/mol. The summed E-state index contributed by atoms with van der Waals surface area (Å²) in [6.07, 6.45) is 3.05. The Morgan fingerprint density at radius 1 is 1.65 bits per heavy atom. The molecule has 0 radical (unpaired) electrons. The third-order valence-electron chi connectivity index (χ3n) is 2.92. The van der Waals surface area contributed by atoms with Gasteiger partial charge in [-0.25, -0.2) is 4.79 Å². The van der Waals surface area contributed by atoms with Crippen molar-refractivity contribution in [2.75, 3.05) is 13.7 Å². The Labute approximate surface area is 99.9 Å². The first kappa shape index (κ1) is 12.1. The second-order valence-corrected chi connectivity index (χ2v) is 4.17. The number of esters is 1. The summed E-state index contributed by atoms with van der Waals surface area (Å²) in [6.45, 7) is 0.808. The van der Waals surface area contributed by atoms with Crippen LogP contribution in [0.15, 0.2) is 16.5 Å². The van der Waals surface area contributed by atoms with E-state index in [4.69, 9.17) is 14.9 Å². The average Bonchev–Trinajstić information content (AvgIpc) is 2.98. The summed E-state index contributed by atoms with van der Waals surface area (Å²) in [4.78, 5) is 11.2. The average molecular weight is 239 g/mol. The molecule has 5 heteroatoms. The Balaban J connectivity index is 1.96. The van der Waals surface area contributed by atoms with Gasteiger partial charge < -0.3 is 19.6 Å². The molecule has 0 saturated carbocycles. The van der Waals surface area contributed by atoms with Crippen LogP contribution in [-0.2, 0) is 9.47 Å². The molecule has 2 heterocycles. The molecule has 1 fully saturated rings. The van der Waals surface area contributed by atoms with E-state index in [9.17, 15) is 4.79 Å². The molecule has 0 aliphatic carbocycles. The number of hydrogen-bond acceptors (Lipinski definition) is 5. The Hall–Kier alpha value is -1.33. The number of ether oxygens (including phenoxy) is 2. The normalized spacial score (nSPS) is 21.4. The highest BCUT2D eigenvalue weighted by Crippen LogP contribution is 2.24. The van der Waals surface area contributed by atoms with E-state index in [1.54, 1.807) is 12.1 Å². The molecule has 17 heavy (non-hydrogen) atoms. The zero-order chi connectivity index (χ0) is 12.3. The third kappa shape index (κ3) is 2.87. The molecule has 0 amide bonds. The van der Waals surface area contributed by atoms with Gasteiger partial charge in [-0.05, 0) is 31.4 Å². The Morgan fingerprint density at radius 3 is 3.12 bits per heavy atom. The highest BCUT2D eigenvalue weighted by molar-refractivity contribution is 5.86. The smallest absolute Gasteiger partial charge is 0.373 e. The van der Waals surface area contributed by atoms with E-state index in [0.717, 1.165) is 19.4 Å². The van der Waals surface area contributed by atoms with E-state index in [-0.39, 0.29) is 17.9 Å². The van der Waals surface area contributed by atoms with Crippen LogP contribution in [0.2, 0.25) is 0 Å². The van der Waals surface area contributed by atoms with Gasteiger partial charge in [0.2, 0.25) is 5.76 Å². The number of rotatable bonds is 4. The van der Waals surface area contributed by atoms with Crippen molar-refractivity contribution in [3.63, 3.8) is 0 Å². The van der Waals surface area contributed by atoms with Crippen molar-refractivity contribution in [2.24, 2.45) is 5.73 Å². The SMILES string of the molecule is COC(=O)c1ccc(C(N)CC2CCCO2)o1. The van der Waals surface area contributed by atoms with Gasteiger partial charge in [-0.15, -0.1) is 0 Å². The summed E-state index contributed by atoms with van der Waals surface area (Å²) in [7, 11) is 1.32. The molecule has 1 aromatic heterocycles. The summed E-state index contributed by atoms with van der Waals surface area (Å²) in [6, 6.07) is 3.05. The summed E-state index contributed by atoms with van der Waals surface area (Å²) in [5.41, 5.74) is 6.00. The molecule has 0 spiro atoms. The third-order valence-corrected chi connectivity index (χ3v) is 2.92. The van der Waals surface area contributed by atoms with Gasteiger partial charge in [0.1, 0.15) is 5.76 Å². The van der Waals surface area contributed by atoms with Gasteiger partial charge in [0.05, 0.1) is 19.3 Å². The summed E-state index contributed by atoms with van der Waals surface area (Å²) < 4.78 is 15.4. The minimum atomic E-state index is -0.486. The number of carbonyl (C=O) groups is 1. The number of carbonyl (C=O) groups excluding carboxylic acids is 1. The zero-order valence-corrected chi connectivity index (χ0v) is 9.85. The number of hydrogen-bond donors (Lipinski definition) is 1. The fourth-order valence-electron chi connectivity index (χ4n) is 1.99. The quantitative estimate of drug-likeness (QED) is 0.808. The number of methoxy groups -OCH3 is 1. The van der Waals surface area contributed by atoms with Gasteiger partial charge in [-0.3, -0.25) is 0 Å². The molecule has 0 bridgehead atoms. The van der Waals surface area contributed by atoms with Crippen LogP contribution in [-0.4, -0.2) is 25.8 Å². The van der Waals surface area contributed by atoms with E-state index in [1.165, 1.54) is 7.11 Å².